The lowest BCUT2D eigenvalue weighted by molar-refractivity contribution is 0.0992. The fourth-order valence-electron chi connectivity index (χ4n) is 2.41. The van der Waals surface area contributed by atoms with Gasteiger partial charge in [-0.1, -0.05) is 6.04 Å². The van der Waals surface area contributed by atoms with E-state index in [1.54, 1.807) is 43.7 Å². The number of carbonyl (C=O) groups is 1. The van der Waals surface area contributed by atoms with Crippen LogP contribution in [0.15, 0.2) is 61.4 Å². The van der Waals surface area contributed by atoms with E-state index in [9.17, 15) is 4.79 Å². The number of carbonyl (C=O) groups excluding carboxylic acids is 1. The molecule has 4 heterocycles. The number of Topliss-reactive ketones (excluding diaryl/α,β-unsaturated/α-hetero) is 1. The van der Waals surface area contributed by atoms with E-state index < -0.39 is 0 Å². The molecule has 26 heavy (non-hydrogen) atoms. The Morgan fingerprint density at radius 1 is 1.31 bits per heavy atom. The summed E-state index contributed by atoms with van der Waals surface area (Å²) >= 11 is 0. The van der Waals surface area contributed by atoms with Gasteiger partial charge in [-0.25, -0.2) is 9.50 Å². The van der Waals surface area contributed by atoms with Crippen molar-refractivity contribution in [1.82, 2.24) is 24.6 Å². The minimum Gasteiger partial charge on any atom is -0.454 e. The van der Waals surface area contributed by atoms with Gasteiger partial charge in [-0.05, 0) is 36.7 Å². The molecule has 0 aromatic carbocycles. The second kappa shape index (κ2) is 6.72. The molecule has 0 radical (unpaired) electrons. The average Bonchev–Trinajstić information content (AvgIpc) is 3.19. The van der Waals surface area contributed by atoms with Crippen LogP contribution in [0, 0.1) is 6.92 Å². The summed E-state index contributed by atoms with van der Waals surface area (Å²) < 4.78 is 31.0. The third-order valence-corrected chi connectivity index (χ3v) is 3.60. The summed E-state index contributed by atoms with van der Waals surface area (Å²) in [5, 5.41) is 4.07. The van der Waals surface area contributed by atoms with E-state index in [0.717, 1.165) is 0 Å². The highest BCUT2D eigenvalue weighted by molar-refractivity contribution is 6.02. The van der Waals surface area contributed by atoms with Gasteiger partial charge >= 0.3 is 0 Å². The van der Waals surface area contributed by atoms with Crippen LogP contribution in [-0.2, 0) is 6.42 Å². The SMILES string of the molecule is [2H]c1nc(CC(=O)c2cc(Oc3cccnc3)cn3ncnc23)c([2H])c([2H])c1C. The molecule has 0 aliphatic carbocycles. The average molecular weight is 348 g/mol. The molecule has 0 aliphatic heterocycles. The first-order valence-electron chi connectivity index (χ1n) is 9.31. The Bertz CT molecular complexity index is 1230. The molecule has 0 N–H and O–H groups in total. The number of rotatable bonds is 5. The standard InChI is InChI=1S/C19H15N5O2/c1-13-4-5-14(21-9-13)7-18(25)17-8-16(11-24-19(17)22-12-23-24)26-15-3-2-6-20-10-15/h2-6,8-12H,7H2,1H3/i4D,5D,9D. The molecule has 4 aromatic rings. The van der Waals surface area contributed by atoms with Gasteiger partial charge < -0.3 is 4.74 Å². The van der Waals surface area contributed by atoms with Gasteiger partial charge in [0.05, 0.1) is 28.5 Å². The van der Waals surface area contributed by atoms with Crippen molar-refractivity contribution in [1.29, 1.82) is 0 Å². The van der Waals surface area contributed by atoms with E-state index in [2.05, 4.69) is 20.1 Å². The van der Waals surface area contributed by atoms with E-state index in [1.165, 1.54) is 10.8 Å². The summed E-state index contributed by atoms with van der Waals surface area (Å²) in [5.74, 6) is 0.490. The van der Waals surface area contributed by atoms with E-state index >= 15 is 0 Å². The zero-order chi connectivity index (χ0) is 20.5. The smallest absolute Gasteiger partial charge is 0.172 e. The second-order valence-electron chi connectivity index (χ2n) is 5.55. The molecule has 0 amide bonds. The summed E-state index contributed by atoms with van der Waals surface area (Å²) in [6.45, 7) is 1.56. The molecule has 7 heteroatoms. The van der Waals surface area contributed by atoms with Crippen molar-refractivity contribution in [2.75, 3.05) is 0 Å². The maximum Gasteiger partial charge on any atom is 0.172 e. The van der Waals surface area contributed by atoms with Crippen LogP contribution in [0.3, 0.4) is 0 Å². The highest BCUT2D eigenvalue weighted by Gasteiger charge is 2.16. The van der Waals surface area contributed by atoms with Crippen LogP contribution in [0.5, 0.6) is 11.5 Å². The van der Waals surface area contributed by atoms with Crippen LogP contribution in [0.4, 0.5) is 0 Å². The normalized spacial score (nSPS) is 12.4. The van der Waals surface area contributed by atoms with Crippen molar-refractivity contribution in [3.05, 3.63) is 78.2 Å². The van der Waals surface area contributed by atoms with E-state index in [1.807, 2.05) is 0 Å². The molecule has 0 saturated heterocycles. The first-order chi connectivity index (χ1) is 13.9. The fraction of sp³-hybridized carbons (Fsp3) is 0.105. The van der Waals surface area contributed by atoms with Gasteiger partial charge in [0.15, 0.2) is 11.4 Å². The Kier molecular flexibility index (Phi) is 3.28. The van der Waals surface area contributed by atoms with Crippen LogP contribution in [0.25, 0.3) is 5.65 Å². The summed E-state index contributed by atoms with van der Waals surface area (Å²) in [5.41, 5.74) is 0.956. The third kappa shape index (κ3) is 3.27. The molecule has 128 valence electrons. The lowest BCUT2D eigenvalue weighted by Gasteiger charge is -2.08. The summed E-state index contributed by atoms with van der Waals surface area (Å²) in [4.78, 5) is 25.1. The maximum absolute atomic E-state index is 13.0. The van der Waals surface area contributed by atoms with Gasteiger partial charge in [0.2, 0.25) is 0 Å². The minimum absolute atomic E-state index is 0.0758. The number of hydrogen-bond acceptors (Lipinski definition) is 6. The number of aromatic nitrogens is 5. The highest BCUT2D eigenvalue weighted by Crippen LogP contribution is 2.24. The van der Waals surface area contributed by atoms with Crippen molar-refractivity contribution in [2.45, 2.75) is 13.3 Å². The van der Waals surface area contributed by atoms with Crippen LogP contribution in [0.2, 0.25) is 0 Å². The zero-order valence-electron chi connectivity index (χ0n) is 16.8. The van der Waals surface area contributed by atoms with Crippen LogP contribution < -0.4 is 4.74 Å². The Labute approximate surface area is 153 Å². The van der Waals surface area contributed by atoms with E-state index in [4.69, 9.17) is 8.85 Å². The molecule has 0 atom stereocenters. The summed E-state index contributed by atoms with van der Waals surface area (Å²) in [6.07, 6.45) is 5.72. The van der Waals surface area contributed by atoms with Gasteiger partial charge in [-0.2, -0.15) is 5.10 Å². The number of ether oxygens (including phenoxy) is 1. The second-order valence-corrected chi connectivity index (χ2v) is 5.55. The summed E-state index contributed by atoms with van der Waals surface area (Å²) in [6, 6.07) is 4.74. The lowest BCUT2D eigenvalue weighted by atomic mass is 10.1. The van der Waals surface area contributed by atoms with Crippen molar-refractivity contribution < 1.29 is 13.6 Å². The van der Waals surface area contributed by atoms with Crippen LogP contribution in [0.1, 0.15) is 25.7 Å². The molecule has 0 spiro atoms. The first kappa shape index (κ1) is 12.7. The molecule has 7 nitrogen and oxygen atoms in total. The Balaban J connectivity index is 1.71. The number of nitrogens with zero attached hydrogens (tertiary/aromatic N) is 5. The fourth-order valence-corrected chi connectivity index (χ4v) is 2.41. The zero-order valence-corrected chi connectivity index (χ0v) is 13.8. The van der Waals surface area contributed by atoms with E-state index in [0.29, 0.717) is 22.7 Å². The topological polar surface area (TPSA) is 82.3 Å². The van der Waals surface area contributed by atoms with Crippen LogP contribution in [-0.4, -0.2) is 30.3 Å². The molecular formula is C19H15N5O2. The first-order valence-corrected chi connectivity index (χ1v) is 7.81. The van der Waals surface area contributed by atoms with Crippen molar-refractivity contribution in [2.24, 2.45) is 0 Å². The largest absolute Gasteiger partial charge is 0.454 e. The number of hydrogen-bond donors (Lipinski definition) is 0. The number of ketones is 1. The number of pyridine rings is 3. The maximum atomic E-state index is 13.0. The quantitative estimate of drug-likeness (QED) is 0.516. The predicted octanol–water partition coefficient (Wildman–Crippen LogP) is 3.05. The molecule has 0 bridgehead atoms. The predicted molar refractivity (Wildman–Crippen MR) is 94.3 cm³/mol. The highest BCUT2D eigenvalue weighted by atomic mass is 16.5. The molecule has 0 unspecified atom stereocenters. The van der Waals surface area contributed by atoms with Gasteiger partial charge in [-0.3, -0.25) is 14.8 Å². The molecule has 4 aromatic heterocycles. The molecule has 0 fully saturated rings. The monoisotopic (exact) mass is 348 g/mol. The molecule has 0 saturated carbocycles. The Morgan fingerprint density at radius 3 is 3.08 bits per heavy atom. The Morgan fingerprint density at radius 2 is 2.23 bits per heavy atom. The Hall–Kier alpha value is -3.61. The number of fused-ring (bicyclic) bond motifs is 1. The molecular weight excluding hydrogens is 330 g/mol. The van der Waals surface area contributed by atoms with E-state index in [-0.39, 0.29) is 41.7 Å². The minimum atomic E-state index is -0.372. The molecule has 4 rings (SSSR count). The summed E-state index contributed by atoms with van der Waals surface area (Å²) in [7, 11) is 0. The van der Waals surface area contributed by atoms with Crippen molar-refractivity contribution in [3.8, 4) is 11.5 Å². The van der Waals surface area contributed by atoms with Gasteiger partial charge in [0.25, 0.3) is 0 Å². The van der Waals surface area contributed by atoms with Gasteiger partial charge in [-0.15, -0.1) is 0 Å². The lowest BCUT2D eigenvalue weighted by Crippen LogP contribution is -2.08. The van der Waals surface area contributed by atoms with Crippen molar-refractivity contribution >= 4 is 11.4 Å². The van der Waals surface area contributed by atoms with Crippen molar-refractivity contribution in [3.63, 3.8) is 0 Å². The van der Waals surface area contributed by atoms with Gasteiger partial charge in [0.1, 0.15) is 17.8 Å². The molecule has 0 aliphatic rings. The van der Waals surface area contributed by atoms with Crippen LogP contribution >= 0.6 is 0 Å². The van der Waals surface area contributed by atoms with Gasteiger partial charge in [0, 0.05) is 18.1 Å². The third-order valence-electron chi connectivity index (χ3n) is 3.60.